The van der Waals surface area contributed by atoms with Crippen LogP contribution in [0, 0.1) is 6.92 Å². The van der Waals surface area contributed by atoms with E-state index >= 15 is 0 Å². The number of hydrogen-bond acceptors (Lipinski definition) is 2. The second kappa shape index (κ2) is 7.75. The SMILES string of the molecule is Cc1nc(-c2cccc3c2CCCC3)c2ccc3cc(C(C)C)cc(C(C)C)c3c2n1. The molecule has 4 aromatic rings. The van der Waals surface area contributed by atoms with Crippen molar-refractivity contribution in [1.82, 2.24) is 9.97 Å². The van der Waals surface area contributed by atoms with E-state index in [1.165, 1.54) is 63.2 Å². The van der Waals surface area contributed by atoms with Crippen molar-refractivity contribution in [3.05, 3.63) is 70.5 Å². The molecule has 31 heavy (non-hydrogen) atoms. The van der Waals surface area contributed by atoms with E-state index in [-0.39, 0.29) is 0 Å². The summed E-state index contributed by atoms with van der Waals surface area (Å²) in [5, 5.41) is 3.77. The number of aryl methyl sites for hydroxylation is 2. The van der Waals surface area contributed by atoms with E-state index in [4.69, 9.17) is 9.97 Å². The molecule has 0 saturated carbocycles. The highest BCUT2D eigenvalue weighted by atomic mass is 14.9. The van der Waals surface area contributed by atoms with Crippen molar-refractivity contribution in [3.8, 4) is 11.3 Å². The van der Waals surface area contributed by atoms with Gasteiger partial charge in [0.2, 0.25) is 0 Å². The lowest BCUT2D eigenvalue weighted by molar-refractivity contribution is 0.686. The lowest BCUT2D eigenvalue weighted by atomic mass is 9.85. The zero-order valence-electron chi connectivity index (χ0n) is 19.4. The van der Waals surface area contributed by atoms with Crippen molar-refractivity contribution in [1.29, 1.82) is 0 Å². The fraction of sp³-hybridized carbons (Fsp3) is 0.379. The lowest BCUT2D eigenvalue weighted by Gasteiger charge is -2.21. The van der Waals surface area contributed by atoms with Crippen LogP contribution in [0.3, 0.4) is 0 Å². The van der Waals surface area contributed by atoms with Gasteiger partial charge in [-0.3, -0.25) is 0 Å². The standard InChI is InChI=1S/C29H32N2/c1-17(2)22-15-21-13-14-25-28(24-12-8-10-20-9-6-7-11-23(20)24)30-19(5)31-29(25)27(21)26(16-22)18(3)4/h8,10,12-18H,6-7,9,11H2,1-5H3. The monoisotopic (exact) mass is 408 g/mol. The van der Waals surface area contributed by atoms with Crippen LogP contribution in [0.15, 0.2) is 42.5 Å². The predicted octanol–water partition coefficient (Wildman–Crippen LogP) is 7.88. The van der Waals surface area contributed by atoms with Crippen LogP contribution >= 0.6 is 0 Å². The molecule has 158 valence electrons. The summed E-state index contributed by atoms with van der Waals surface area (Å²) in [7, 11) is 0. The Morgan fingerprint density at radius 2 is 1.65 bits per heavy atom. The average Bonchev–Trinajstić information content (AvgIpc) is 2.77. The van der Waals surface area contributed by atoms with Crippen LogP contribution in [-0.4, -0.2) is 9.97 Å². The summed E-state index contributed by atoms with van der Waals surface area (Å²) in [4.78, 5) is 10.0. The molecule has 0 N–H and O–H groups in total. The number of aromatic nitrogens is 2. The third kappa shape index (κ3) is 3.43. The van der Waals surface area contributed by atoms with Gasteiger partial charge < -0.3 is 0 Å². The largest absolute Gasteiger partial charge is 0.233 e. The quantitative estimate of drug-likeness (QED) is 0.322. The first-order valence-corrected chi connectivity index (χ1v) is 11.8. The molecule has 1 aliphatic carbocycles. The first-order chi connectivity index (χ1) is 14.9. The maximum Gasteiger partial charge on any atom is 0.126 e. The third-order valence-corrected chi connectivity index (χ3v) is 6.89. The van der Waals surface area contributed by atoms with E-state index < -0.39 is 0 Å². The lowest BCUT2D eigenvalue weighted by Crippen LogP contribution is -2.06. The van der Waals surface area contributed by atoms with Gasteiger partial charge in [-0.1, -0.05) is 64.1 Å². The highest BCUT2D eigenvalue weighted by Crippen LogP contribution is 2.39. The summed E-state index contributed by atoms with van der Waals surface area (Å²) in [6, 6.07) is 16.1. The Morgan fingerprint density at radius 1 is 0.839 bits per heavy atom. The molecule has 2 nitrogen and oxygen atoms in total. The van der Waals surface area contributed by atoms with Gasteiger partial charge in [0.1, 0.15) is 5.82 Å². The Bertz CT molecular complexity index is 1300. The van der Waals surface area contributed by atoms with E-state index in [1.807, 2.05) is 6.92 Å². The van der Waals surface area contributed by atoms with Gasteiger partial charge in [-0.25, -0.2) is 9.97 Å². The Morgan fingerprint density at radius 3 is 2.42 bits per heavy atom. The van der Waals surface area contributed by atoms with Crippen molar-refractivity contribution < 1.29 is 0 Å². The molecule has 3 aromatic carbocycles. The molecule has 1 aromatic heterocycles. The predicted molar refractivity (Wildman–Crippen MR) is 132 cm³/mol. The van der Waals surface area contributed by atoms with Crippen LogP contribution in [0.4, 0.5) is 0 Å². The van der Waals surface area contributed by atoms with Gasteiger partial charge in [0, 0.05) is 16.3 Å². The molecule has 0 saturated heterocycles. The minimum atomic E-state index is 0.440. The zero-order chi connectivity index (χ0) is 21.7. The topological polar surface area (TPSA) is 25.8 Å². The summed E-state index contributed by atoms with van der Waals surface area (Å²) in [5.41, 5.74) is 9.30. The number of fused-ring (bicyclic) bond motifs is 4. The minimum absolute atomic E-state index is 0.440. The van der Waals surface area contributed by atoms with Crippen molar-refractivity contribution >= 4 is 21.7 Å². The molecule has 0 spiro atoms. The molecular weight excluding hydrogens is 376 g/mol. The molecule has 0 amide bonds. The molecule has 5 rings (SSSR count). The molecule has 0 aliphatic heterocycles. The van der Waals surface area contributed by atoms with E-state index in [0.29, 0.717) is 11.8 Å². The van der Waals surface area contributed by atoms with Crippen LogP contribution in [0.1, 0.15) is 80.5 Å². The Kier molecular flexibility index (Phi) is 5.04. The number of rotatable bonds is 3. The second-order valence-electron chi connectivity index (χ2n) is 9.75. The van der Waals surface area contributed by atoms with Gasteiger partial charge in [0.15, 0.2) is 0 Å². The van der Waals surface area contributed by atoms with Crippen molar-refractivity contribution in [2.45, 2.75) is 72.1 Å². The summed E-state index contributed by atoms with van der Waals surface area (Å²) in [6.45, 7) is 11.2. The van der Waals surface area contributed by atoms with Crippen molar-refractivity contribution in [2.75, 3.05) is 0 Å². The van der Waals surface area contributed by atoms with Crippen LogP contribution in [0.2, 0.25) is 0 Å². The van der Waals surface area contributed by atoms with E-state index in [1.54, 1.807) is 0 Å². The zero-order valence-corrected chi connectivity index (χ0v) is 19.4. The normalized spacial score (nSPS) is 14.0. The molecule has 0 bridgehead atoms. The van der Waals surface area contributed by atoms with Crippen LogP contribution in [0.25, 0.3) is 32.9 Å². The van der Waals surface area contributed by atoms with E-state index in [0.717, 1.165) is 23.5 Å². The summed E-state index contributed by atoms with van der Waals surface area (Å²) < 4.78 is 0. The molecule has 0 unspecified atom stereocenters. The maximum atomic E-state index is 5.01. The van der Waals surface area contributed by atoms with Gasteiger partial charge in [-0.15, -0.1) is 0 Å². The number of nitrogens with zero attached hydrogens (tertiary/aromatic N) is 2. The molecule has 1 aliphatic rings. The van der Waals surface area contributed by atoms with Crippen molar-refractivity contribution in [3.63, 3.8) is 0 Å². The molecular formula is C29H32N2. The highest BCUT2D eigenvalue weighted by Gasteiger charge is 2.20. The van der Waals surface area contributed by atoms with Crippen molar-refractivity contribution in [2.24, 2.45) is 0 Å². The number of hydrogen-bond donors (Lipinski definition) is 0. The fourth-order valence-electron chi connectivity index (χ4n) is 5.22. The van der Waals surface area contributed by atoms with Gasteiger partial charge in [0.05, 0.1) is 11.2 Å². The molecule has 0 fully saturated rings. The van der Waals surface area contributed by atoms with Crippen LogP contribution in [-0.2, 0) is 12.8 Å². The van der Waals surface area contributed by atoms with Crippen LogP contribution in [0.5, 0.6) is 0 Å². The van der Waals surface area contributed by atoms with Gasteiger partial charge in [0.25, 0.3) is 0 Å². The third-order valence-electron chi connectivity index (χ3n) is 6.89. The number of benzene rings is 3. The van der Waals surface area contributed by atoms with E-state index in [2.05, 4.69) is 70.2 Å². The Balaban J connectivity index is 1.87. The Hall–Kier alpha value is -2.74. The minimum Gasteiger partial charge on any atom is -0.233 e. The fourth-order valence-corrected chi connectivity index (χ4v) is 5.22. The highest BCUT2D eigenvalue weighted by molar-refractivity contribution is 6.11. The molecule has 2 heteroatoms. The first kappa shape index (κ1) is 20.2. The molecule has 0 atom stereocenters. The van der Waals surface area contributed by atoms with E-state index in [9.17, 15) is 0 Å². The summed E-state index contributed by atoms with van der Waals surface area (Å²) >= 11 is 0. The average molecular weight is 409 g/mol. The Labute approximate surface area is 185 Å². The van der Waals surface area contributed by atoms with Gasteiger partial charge >= 0.3 is 0 Å². The first-order valence-electron chi connectivity index (χ1n) is 11.8. The van der Waals surface area contributed by atoms with Crippen LogP contribution < -0.4 is 0 Å². The maximum absolute atomic E-state index is 5.01. The van der Waals surface area contributed by atoms with Gasteiger partial charge in [-0.2, -0.15) is 0 Å². The smallest absolute Gasteiger partial charge is 0.126 e. The summed E-state index contributed by atoms with van der Waals surface area (Å²) in [6.07, 6.45) is 4.90. The molecule has 1 heterocycles. The summed E-state index contributed by atoms with van der Waals surface area (Å²) in [5.74, 6) is 1.80. The molecule has 0 radical (unpaired) electrons. The second-order valence-corrected chi connectivity index (χ2v) is 9.75. The van der Waals surface area contributed by atoms with Gasteiger partial charge in [-0.05, 0) is 78.1 Å².